The van der Waals surface area contributed by atoms with Crippen molar-refractivity contribution in [2.24, 2.45) is 0 Å². The third kappa shape index (κ3) is 3.03. The lowest BCUT2D eigenvalue weighted by molar-refractivity contribution is -0.152. The van der Waals surface area contributed by atoms with Gasteiger partial charge in [0.15, 0.2) is 6.04 Å². The number of carbonyl (C=O) groups is 2. The zero-order chi connectivity index (χ0) is 13.8. The van der Waals surface area contributed by atoms with Gasteiger partial charge in [-0.15, -0.1) is 0 Å². The lowest BCUT2D eigenvalue weighted by atomic mass is 10.2. The summed E-state index contributed by atoms with van der Waals surface area (Å²) in [5, 5.41) is 18.6. The average Bonchev–Trinajstić information content (AvgIpc) is 2.79. The summed E-state index contributed by atoms with van der Waals surface area (Å²) >= 11 is 0. The molecule has 0 bridgehead atoms. The molecule has 1 aromatic rings. The number of carbonyl (C=O) groups excluding carboxylic acids is 1. The fraction of sp³-hybridized carbons (Fsp3) is 0.385. The molecular weight excluding hydrogens is 250 g/mol. The first-order valence-electron chi connectivity index (χ1n) is 5.98. The number of carboxylic acid groups (broad SMARTS) is 1. The van der Waals surface area contributed by atoms with Crippen LogP contribution in [0.1, 0.15) is 12.0 Å². The Morgan fingerprint density at radius 3 is 2.63 bits per heavy atom. The van der Waals surface area contributed by atoms with Crippen LogP contribution in [0.25, 0.3) is 0 Å². The van der Waals surface area contributed by atoms with Gasteiger partial charge < -0.3 is 14.9 Å². The number of hydrogen-bond donors (Lipinski definition) is 2. The van der Waals surface area contributed by atoms with Gasteiger partial charge in [0.25, 0.3) is 0 Å². The molecule has 0 radical (unpaired) electrons. The molecule has 0 aliphatic carbocycles. The molecule has 1 fully saturated rings. The highest BCUT2D eigenvalue weighted by molar-refractivity contribution is 5.82. The summed E-state index contributed by atoms with van der Waals surface area (Å²) in [5.74, 6) is -0.712. The van der Waals surface area contributed by atoms with E-state index in [2.05, 4.69) is 0 Å². The van der Waals surface area contributed by atoms with E-state index >= 15 is 0 Å². The first-order valence-corrected chi connectivity index (χ1v) is 5.98. The maximum Gasteiger partial charge on any atom is 0.408 e. The summed E-state index contributed by atoms with van der Waals surface area (Å²) < 4.78 is 5.06. The minimum Gasteiger partial charge on any atom is -0.465 e. The van der Waals surface area contributed by atoms with Gasteiger partial charge in [-0.1, -0.05) is 30.3 Å². The van der Waals surface area contributed by atoms with E-state index in [0.717, 1.165) is 10.5 Å². The highest BCUT2D eigenvalue weighted by Crippen LogP contribution is 2.19. The van der Waals surface area contributed by atoms with Crippen molar-refractivity contribution in [1.29, 1.82) is 0 Å². The fourth-order valence-electron chi connectivity index (χ4n) is 2.09. The highest BCUT2D eigenvalue weighted by Gasteiger charge is 2.42. The molecule has 2 atom stereocenters. The molecule has 1 amide bonds. The third-order valence-corrected chi connectivity index (χ3v) is 3.08. The first kappa shape index (κ1) is 13.4. The average molecular weight is 265 g/mol. The molecule has 1 aromatic carbocycles. The van der Waals surface area contributed by atoms with Crippen molar-refractivity contribution in [1.82, 2.24) is 4.90 Å². The summed E-state index contributed by atoms with van der Waals surface area (Å²) in [7, 11) is 0. The normalized spacial score (nSPS) is 22.3. The van der Waals surface area contributed by atoms with Gasteiger partial charge in [0.05, 0.1) is 6.10 Å². The molecule has 102 valence electrons. The Hall–Kier alpha value is -2.08. The second-order valence-electron chi connectivity index (χ2n) is 4.37. The number of nitrogens with zero attached hydrogens (tertiary/aromatic N) is 1. The number of aliphatic hydroxyl groups excluding tert-OH is 1. The van der Waals surface area contributed by atoms with Crippen LogP contribution < -0.4 is 0 Å². The van der Waals surface area contributed by atoms with Crippen molar-refractivity contribution in [2.75, 3.05) is 6.54 Å². The van der Waals surface area contributed by atoms with Crippen molar-refractivity contribution in [3.8, 4) is 0 Å². The Labute approximate surface area is 110 Å². The molecule has 6 heteroatoms. The maximum absolute atomic E-state index is 11.9. The van der Waals surface area contributed by atoms with Crippen LogP contribution in [0.3, 0.4) is 0 Å². The van der Waals surface area contributed by atoms with Gasteiger partial charge in [0.2, 0.25) is 0 Å². The molecule has 1 heterocycles. The molecule has 2 N–H and O–H groups in total. The van der Waals surface area contributed by atoms with Crippen LogP contribution in [0.15, 0.2) is 30.3 Å². The first-order chi connectivity index (χ1) is 9.09. The van der Waals surface area contributed by atoms with Crippen molar-refractivity contribution in [2.45, 2.75) is 25.2 Å². The number of hydrogen-bond acceptors (Lipinski definition) is 4. The number of aliphatic hydroxyl groups is 1. The van der Waals surface area contributed by atoms with E-state index in [-0.39, 0.29) is 19.6 Å². The number of esters is 1. The van der Waals surface area contributed by atoms with Crippen LogP contribution in [-0.4, -0.2) is 45.9 Å². The monoisotopic (exact) mass is 265 g/mol. The Morgan fingerprint density at radius 2 is 2.00 bits per heavy atom. The SMILES string of the molecule is O=C(OCc1ccccc1)[C@@H]1[C@H](O)CCN1C(=O)O. The van der Waals surface area contributed by atoms with Crippen molar-refractivity contribution < 1.29 is 24.5 Å². The summed E-state index contributed by atoms with van der Waals surface area (Å²) in [6.07, 6.45) is -1.98. The van der Waals surface area contributed by atoms with E-state index in [1.165, 1.54) is 0 Å². The fourth-order valence-corrected chi connectivity index (χ4v) is 2.09. The van der Waals surface area contributed by atoms with Crippen LogP contribution in [0, 0.1) is 0 Å². The smallest absolute Gasteiger partial charge is 0.408 e. The maximum atomic E-state index is 11.9. The standard InChI is InChI=1S/C13H15NO5/c15-10-6-7-14(13(17)18)11(10)12(16)19-8-9-4-2-1-3-5-9/h1-5,10-11,15H,6-8H2,(H,17,18)/t10-,11+/m1/s1. The van der Waals surface area contributed by atoms with E-state index < -0.39 is 24.2 Å². The number of ether oxygens (including phenoxy) is 1. The third-order valence-electron chi connectivity index (χ3n) is 3.08. The van der Waals surface area contributed by atoms with Gasteiger partial charge in [0, 0.05) is 6.54 Å². The van der Waals surface area contributed by atoms with Gasteiger partial charge in [-0.25, -0.2) is 9.59 Å². The molecule has 2 rings (SSSR count). The number of amides is 1. The minimum atomic E-state index is -1.22. The summed E-state index contributed by atoms with van der Waals surface area (Å²) in [6, 6.07) is 7.95. The zero-order valence-electron chi connectivity index (χ0n) is 10.2. The van der Waals surface area contributed by atoms with Crippen LogP contribution in [0.5, 0.6) is 0 Å². The largest absolute Gasteiger partial charge is 0.465 e. The topological polar surface area (TPSA) is 87.1 Å². The highest BCUT2D eigenvalue weighted by atomic mass is 16.5. The molecular formula is C13H15NO5. The van der Waals surface area contributed by atoms with Crippen LogP contribution in [-0.2, 0) is 16.1 Å². The lowest BCUT2D eigenvalue weighted by Gasteiger charge is -2.21. The van der Waals surface area contributed by atoms with Gasteiger partial charge in [-0.05, 0) is 12.0 Å². The Balaban J connectivity index is 1.97. The van der Waals surface area contributed by atoms with Crippen LogP contribution in [0.4, 0.5) is 4.79 Å². The van der Waals surface area contributed by atoms with Gasteiger partial charge in [0.1, 0.15) is 6.61 Å². The molecule has 1 aliphatic rings. The van der Waals surface area contributed by atoms with E-state index in [9.17, 15) is 14.7 Å². The number of benzene rings is 1. The Kier molecular flexibility index (Phi) is 4.01. The number of likely N-dealkylation sites (tertiary alicyclic amines) is 1. The molecule has 0 saturated carbocycles. The van der Waals surface area contributed by atoms with E-state index in [4.69, 9.17) is 9.84 Å². The second-order valence-corrected chi connectivity index (χ2v) is 4.37. The van der Waals surface area contributed by atoms with E-state index in [0.29, 0.717) is 0 Å². The minimum absolute atomic E-state index is 0.0658. The lowest BCUT2D eigenvalue weighted by Crippen LogP contribution is -2.45. The molecule has 0 spiro atoms. The quantitative estimate of drug-likeness (QED) is 0.791. The molecule has 1 aliphatic heterocycles. The van der Waals surface area contributed by atoms with Crippen LogP contribution >= 0.6 is 0 Å². The molecule has 0 aromatic heterocycles. The van der Waals surface area contributed by atoms with Crippen molar-refractivity contribution >= 4 is 12.1 Å². The predicted octanol–water partition coefficient (Wildman–Crippen LogP) is 0.843. The molecule has 19 heavy (non-hydrogen) atoms. The molecule has 1 saturated heterocycles. The second kappa shape index (κ2) is 5.71. The van der Waals surface area contributed by atoms with E-state index in [1.54, 1.807) is 12.1 Å². The summed E-state index contributed by atoms with van der Waals surface area (Å²) in [4.78, 5) is 23.7. The predicted molar refractivity (Wildman–Crippen MR) is 65.4 cm³/mol. The van der Waals surface area contributed by atoms with Crippen molar-refractivity contribution in [3.05, 3.63) is 35.9 Å². The van der Waals surface area contributed by atoms with E-state index in [1.807, 2.05) is 18.2 Å². The summed E-state index contributed by atoms with van der Waals surface area (Å²) in [5.41, 5.74) is 0.810. The summed E-state index contributed by atoms with van der Waals surface area (Å²) in [6.45, 7) is 0.206. The molecule has 0 unspecified atom stereocenters. The van der Waals surface area contributed by atoms with Gasteiger partial charge >= 0.3 is 12.1 Å². The zero-order valence-corrected chi connectivity index (χ0v) is 10.2. The van der Waals surface area contributed by atoms with Gasteiger partial charge in [-0.3, -0.25) is 4.90 Å². The van der Waals surface area contributed by atoms with Crippen LogP contribution in [0.2, 0.25) is 0 Å². The Morgan fingerprint density at radius 1 is 1.32 bits per heavy atom. The van der Waals surface area contributed by atoms with Gasteiger partial charge in [-0.2, -0.15) is 0 Å². The molecule has 6 nitrogen and oxygen atoms in total. The Bertz CT molecular complexity index is 461. The van der Waals surface area contributed by atoms with Crippen molar-refractivity contribution in [3.63, 3.8) is 0 Å². The number of rotatable bonds is 3.